The molecular formula is C28H38N6O3. The Hall–Kier alpha value is -3.30. The third kappa shape index (κ3) is 7.84. The third-order valence-electron chi connectivity index (χ3n) is 6.83. The molecule has 0 saturated carbocycles. The van der Waals surface area contributed by atoms with E-state index in [1.165, 1.54) is 5.56 Å². The number of carbonyl (C=O) groups is 1. The van der Waals surface area contributed by atoms with E-state index in [0.29, 0.717) is 18.8 Å². The summed E-state index contributed by atoms with van der Waals surface area (Å²) >= 11 is 0. The summed E-state index contributed by atoms with van der Waals surface area (Å²) < 4.78 is 5.49. The molecule has 0 fully saturated rings. The van der Waals surface area contributed by atoms with Crippen molar-refractivity contribution in [2.45, 2.75) is 57.6 Å². The average molecular weight is 507 g/mol. The maximum Gasteiger partial charge on any atom is 0.326 e. The lowest BCUT2D eigenvalue weighted by Crippen LogP contribution is -2.38. The Balaban J connectivity index is 1.30. The number of anilines is 2. The summed E-state index contributed by atoms with van der Waals surface area (Å²) in [6, 6.07) is 11.1. The number of pyridine rings is 1. The normalized spacial score (nSPS) is 14.7. The number of rotatable bonds is 14. The second kappa shape index (κ2) is 13.3. The van der Waals surface area contributed by atoms with Crippen LogP contribution in [0.15, 0.2) is 42.6 Å². The van der Waals surface area contributed by atoms with Crippen molar-refractivity contribution in [3.8, 4) is 0 Å². The molecule has 0 saturated heterocycles. The van der Waals surface area contributed by atoms with Crippen LogP contribution >= 0.6 is 0 Å². The molecule has 1 aliphatic heterocycles. The predicted octanol–water partition coefficient (Wildman–Crippen LogP) is 4.00. The monoisotopic (exact) mass is 506 g/mol. The van der Waals surface area contributed by atoms with Gasteiger partial charge in [0, 0.05) is 32.4 Å². The number of nitrogens with zero attached hydrogens (tertiary/aromatic N) is 4. The van der Waals surface area contributed by atoms with Crippen LogP contribution < -0.4 is 10.6 Å². The first-order valence-electron chi connectivity index (χ1n) is 13.2. The second-order valence-corrected chi connectivity index (χ2v) is 9.71. The van der Waals surface area contributed by atoms with Crippen molar-refractivity contribution in [3.05, 3.63) is 53.9 Å². The second-order valence-electron chi connectivity index (χ2n) is 9.71. The number of aromatic nitrogens is 3. The van der Waals surface area contributed by atoms with Crippen LogP contribution in [0.2, 0.25) is 0 Å². The number of nitrogens with one attached hydrogen (secondary N) is 2. The van der Waals surface area contributed by atoms with Gasteiger partial charge in [-0.1, -0.05) is 18.2 Å². The number of carboxylic acids is 1. The molecule has 1 aliphatic rings. The van der Waals surface area contributed by atoms with Crippen LogP contribution in [-0.4, -0.2) is 76.4 Å². The number of aryl methyl sites for hydroxylation is 2. The quantitative estimate of drug-likeness (QED) is 0.279. The first-order valence-corrected chi connectivity index (χ1v) is 13.2. The Labute approximate surface area is 218 Å². The number of ether oxygens (including phenoxy) is 1. The lowest BCUT2D eigenvalue weighted by molar-refractivity contribution is -0.138. The van der Waals surface area contributed by atoms with E-state index < -0.39 is 12.0 Å². The van der Waals surface area contributed by atoms with Gasteiger partial charge in [-0.15, -0.1) is 0 Å². The number of carboxylic acid groups (broad SMARTS) is 1. The van der Waals surface area contributed by atoms with Gasteiger partial charge in [0.1, 0.15) is 17.7 Å². The highest BCUT2D eigenvalue weighted by molar-refractivity contribution is 5.78. The van der Waals surface area contributed by atoms with Gasteiger partial charge in [-0.25, -0.2) is 14.8 Å². The van der Waals surface area contributed by atoms with Gasteiger partial charge in [0.15, 0.2) is 0 Å². The van der Waals surface area contributed by atoms with Crippen LogP contribution in [0, 0.1) is 0 Å². The smallest absolute Gasteiger partial charge is 0.326 e. The van der Waals surface area contributed by atoms with Gasteiger partial charge in [0.2, 0.25) is 0 Å². The zero-order valence-electron chi connectivity index (χ0n) is 21.8. The van der Waals surface area contributed by atoms with Crippen molar-refractivity contribution >= 4 is 28.6 Å². The minimum Gasteiger partial charge on any atom is -0.480 e. The average Bonchev–Trinajstić information content (AvgIpc) is 2.92. The number of methoxy groups -OCH3 is 1. The number of hydrogen-bond donors (Lipinski definition) is 3. The van der Waals surface area contributed by atoms with Crippen molar-refractivity contribution < 1.29 is 14.6 Å². The van der Waals surface area contributed by atoms with Crippen LogP contribution in [-0.2, 0) is 22.4 Å². The molecule has 3 N–H and O–H groups in total. The summed E-state index contributed by atoms with van der Waals surface area (Å²) in [5.41, 5.74) is 3.94. The molecular weight excluding hydrogens is 468 g/mol. The van der Waals surface area contributed by atoms with Gasteiger partial charge in [-0.05, 0) is 75.8 Å². The minimum absolute atomic E-state index is 0.0657. The summed E-state index contributed by atoms with van der Waals surface area (Å²) in [4.78, 5) is 28.0. The van der Waals surface area contributed by atoms with Gasteiger partial charge in [-0.3, -0.25) is 4.98 Å². The molecule has 0 spiro atoms. The van der Waals surface area contributed by atoms with Crippen LogP contribution in [0.25, 0.3) is 11.0 Å². The van der Waals surface area contributed by atoms with E-state index in [-0.39, 0.29) is 6.10 Å². The van der Waals surface area contributed by atoms with Gasteiger partial charge in [0.25, 0.3) is 0 Å². The summed E-state index contributed by atoms with van der Waals surface area (Å²) in [6.07, 6.45) is 7.32. The third-order valence-corrected chi connectivity index (χ3v) is 6.83. The molecule has 37 heavy (non-hydrogen) atoms. The minimum atomic E-state index is -0.901. The van der Waals surface area contributed by atoms with Gasteiger partial charge in [0.05, 0.1) is 23.3 Å². The Kier molecular flexibility index (Phi) is 9.62. The highest BCUT2D eigenvalue weighted by Crippen LogP contribution is 2.20. The first-order chi connectivity index (χ1) is 18.0. The number of fused-ring (bicyclic) bond motifs is 2. The fraction of sp³-hybridized carbons (Fsp3) is 0.500. The van der Waals surface area contributed by atoms with Crippen LogP contribution in [0.1, 0.15) is 43.9 Å². The molecule has 198 valence electrons. The molecule has 0 amide bonds. The van der Waals surface area contributed by atoms with Crippen molar-refractivity contribution in [2.24, 2.45) is 0 Å². The summed E-state index contributed by atoms with van der Waals surface area (Å²) in [5, 5.41) is 16.3. The van der Waals surface area contributed by atoms with Gasteiger partial charge in [-0.2, -0.15) is 0 Å². The van der Waals surface area contributed by atoms with Crippen LogP contribution in [0.4, 0.5) is 11.6 Å². The van der Waals surface area contributed by atoms with Crippen molar-refractivity contribution in [1.82, 2.24) is 19.9 Å². The molecule has 9 nitrogen and oxygen atoms in total. The Morgan fingerprint density at radius 2 is 2.00 bits per heavy atom. The first kappa shape index (κ1) is 26.8. The maximum absolute atomic E-state index is 12.0. The molecule has 2 unspecified atom stereocenters. The molecule has 3 aromatic rings. The number of unbranched alkanes of at least 4 members (excludes halogenated alkanes) is 1. The molecule has 9 heteroatoms. The maximum atomic E-state index is 12.0. The Morgan fingerprint density at radius 1 is 1.16 bits per heavy atom. The number of para-hydroxylation sites is 2. The van der Waals surface area contributed by atoms with E-state index in [1.807, 2.05) is 31.2 Å². The molecule has 2 atom stereocenters. The lowest BCUT2D eigenvalue weighted by atomic mass is 10.1. The molecule has 2 aromatic heterocycles. The largest absolute Gasteiger partial charge is 0.480 e. The number of hydrogen-bond acceptors (Lipinski definition) is 8. The molecule has 3 heterocycles. The number of benzene rings is 1. The molecule has 0 bridgehead atoms. The predicted molar refractivity (Wildman–Crippen MR) is 146 cm³/mol. The van der Waals surface area contributed by atoms with E-state index >= 15 is 0 Å². The lowest BCUT2D eigenvalue weighted by Gasteiger charge is -2.26. The SMILES string of the molecule is COC(C)CN(CCCCc1ccc2c(n1)NCCC2)CCC(Nc1cnc2ccccc2n1)C(=O)O. The topological polar surface area (TPSA) is 113 Å². The standard InChI is InChI=1S/C28H38N6O3/c1-20(37-2)19-34(16-6-5-9-22-13-12-21-8-7-15-29-27(21)31-22)17-14-25(28(35)36)33-26-18-30-23-10-3-4-11-24(23)32-26/h3-4,10-13,18,20,25H,5-9,14-17,19H2,1-2H3,(H,29,31)(H,32,33)(H,35,36). The van der Waals surface area contributed by atoms with Crippen molar-refractivity contribution in [1.29, 1.82) is 0 Å². The highest BCUT2D eigenvalue weighted by atomic mass is 16.5. The van der Waals surface area contributed by atoms with E-state index in [9.17, 15) is 9.90 Å². The molecule has 1 aromatic carbocycles. The molecule has 0 aliphatic carbocycles. The Morgan fingerprint density at radius 3 is 2.81 bits per heavy atom. The van der Waals surface area contributed by atoms with Crippen LogP contribution in [0.3, 0.4) is 0 Å². The summed E-state index contributed by atoms with van der Waals surface area (Å²) in [5.74, 6) is 0.611. The highest BCUT2D eigenvalue weighted by Gasteiger charge is 2.20. The summed E-state index contributed by atoms with van der Waals surface area (Å²) in [6.45, 7) is 5.29. The van der Waals surface area contributed by atoms with Crippen molar-refractivity contribution in [3.63, 3.8) is 0 Å². The fourth-order valence-corrected chi connectivity index (χ4v) is 4.66. The van der Waals surface area contributed by atoms with E-state index in [1.54, 1.807) is 13.3 Å². The van der Waals surface area contributed by atoms with E-state index in [2.05, 4.69) is 37.6 Å². The van der Waals surface area contributed by atoms with E-state index in [4.69, 9.17) is 9.72 Å². The zero-order valence-corrected chi connectivity index (χ0v) is 21.8. The fourth-order valence-electron chi connectivity index (χ4n) is 4.66. The Bertz CT molecular complexity index is 1170. The molecule has 4 rings (SSSR count). The zero-order chi connectivity index (χ0) is 26.0. The number of aliphatic carboxylic acids is 1. The van der Waals surface area contributed by atoms with Crippen LogP contribution in [0.5, 0.6) is 0 Å². The van der Waals surface area contributed by atoms with Gasteiger partial charge >= 0.3 is 5.97 Å². The summed E-state index contributed by atoms with van der Waals surface area (Å²) in [7, 11) is 1.71. The van der Waals surface area contributed by atoms with Crippen molar-refractivity contribution in [2.75, 3.05) is 43.9 Å². The molecule has 0 radical (unpaired) electrons. The van der Waals surface area contributed by atoms with Gasteiger partial charge < -0.3 is 25.4 Å². The van der Waals surface area contributed by atoms with E-state index in [0.717, 1.165) is 74.3 Å².